The molecule has 25 heavy (non-hydrogen) atoms. The normalized spacial score (nSPS) is 10.6. The van der Waals surface area contributed by atoms with Crippen LogP contribution in [0.3, 0.4) is 0 Å². The van der Waals surface area contributed by atoms with Gasteiger partial charge in [0, 0.05) is 5.39 Å². The van der Waals surface area contributed by atoms with Crippen molar-refractivity contribution in [2.45, 2.75) is 13.3 Å². The lowest BCUT2D eigenvalue weighted by Gasteiger charge is -2.07. The summed E-state index contributed by atoms with van der Waals surface area (Å²) in [5.41, 5.74) is 6.98. The van der Waals surface area contributed by atoms with E-state index in [1.54, 1.807) is 24.3 Å². The van der Waals surface area contributed by atoms with Gasteiger partial charge in [-0.25, -0.2) is 0 Å². The van der Waals surface area contributed by atoms with Gasteiger partial charge >= 0.3 is 0 Å². The minimum Gasteiger partial charge on any atom is -0.494 e. The number of hydrogen-bond acceptors (Lipinski definition) is 4. The van der Waals surface area contributed by atoms with E-state index in [1.165, 1.54) is 0 Å². The van der Waals surface area contributed by atoms with Crippen molar-refractivity contribution in [3.63, 3.8) is 0 Å². The smallest absolute Gasteiger partial charge is 0.286 e. The van der Waals surface area contributed by atoms with Crippen molar-refractivity contribution in [2.24, 2.45) is 5.73 Å². The van der Waals surface area contributed by atoms with Gasteiger partial charge in [0.05, 0.1) is 13.0 Å². The molecule has 2 amide bonds. The van der Waals surface area contributed by atoms with Crippen LogP contribution in [0.5, 0.6) is 5.75 Å². The fraction of sp³-hybridized carbons (Fsp3) is 0.158. The number of furan rings is 1. The second-order valence-corrected chi connectivity index (χ2v) is 5.47. The summed E-state index contributed by atoms with van der Waals surface area (Å²) < 4.78 is 10.8. The number of rotatable bonds is 6. The third kappa shape index (κ3) is 3.63. The number of nitrogens with one attached hydrogen (secondary N) is 1. The second kappa shape index (κ2) is 7.09. The van der Waals surface area contributed by atoms with Crippen molar-refractivity contribution in [1.82, 2.24) is 0 Å². The molecule has 0 atom stereocenters. The van der Waals surface area contributed by atoms with E-state index in [4.69, 9.17) is 14.9 Å². The number of para-hydroxylation sites is 1. The molecule has 3 aromatic rings. The van der Waals surface area contributed by atoms with Crippen molar-refractivity contribution >= 4 is 28.5 Å². The molecule has 1 aromatic heterocycles. The highest BCUT2D eigenvalue weighted by Crippen LogP contribution is 2.30. The summed E-state index contributed by atoms with van der Waals surface area (Å²) >= 11 is 0. The van der Waals surface area contributed by atoms with E-state index >= 15 is 0 Å². The standard InChI is InChI=1S/C19H18N2O4/c1-2-24-13-9-7-12(8-10-13)11-16(22)21-17-14-5-3-4-6-15(14)25-18(17)19(20)23/h3-10H,2,11H2,1H3,(H2,20,23)(H,21,22). The molecule has 6 heteroatoms. The number of ether oxygens (including phenoxy) is 1. The zero-order chi connectivity index (χ0) is 17.8. The highest BCUT2D eigenvalue weighted by Gasteiger charge is 2.20. The van der Waals surface area contributed by atoms with Crippen molar-refractivity contribution in [3.05, 3.63) is 59.9 Å². The number of primary amides is 1. The number of fused-ring (bicyclic) bond motifs is 1. The Bertz CT molecular complexity index is 913. The van der Waals surface area contributed by atoms with Crippen LogP contribution in [0, 0.1) is 0 Å². The Balaban J connectivity index is 1.79. The van der Waals surface area contributed by atoms with Crippen LogP contribution in [0.25, 0.3) is 11.0 Å². The molecule has 0 unspecified atom stereocenters. The van der Waals surface area contributed by atoms with Crippen LogP contribution >= 0.6 is 0 Å². The number of nitrogens with two attached hydrogens (primary N) is 1. The molecule has 1 heterocycles. The maximum absolute atomic E-state index is 12.4. The molecular weight excluding hydrogens is 320 g/mol. The third-order valence-electron chi connectivity index (χ3n) is 3.68. The fourth-order valence-corrected chi connectivity index (χ4v) is 2.58. The summed E-state index contributed by atoms with van der Waals surface area (Å²) in [7, 11) is 0. The number of benzene rings is 2. The Morgan fingerprint density at radius 2 is 1.84 bits per heavy atom. The average molecular weight is 338 g/mol. The van der Waals surface area contributed by atoms with Crippen LogP contribution in [0.15, 0.2) is 52.9 Å². The van der Waals surface area contributed by atoms with Crippen molar-refractivity contribution < 1.29 is 18.7 Å². The Morgan fingerprint density at radius 1 is 1.12 bits per heavy atom. The first kappa shape index (κ1) is 16.6. The van der Waals surface area contributed by atoms with Crippen LogP contribution in [0.2, 0.25) is 0 Å². The molecule has 2 aromatic carbocycles. The van der Waals surface area contributed by atoms with Gasteiger partial charge < -0.3 is 20.2 Å². The van der Waals surface area contributed by atoms with Gasteiger partial charge in [-0.05, 0) is 36.8 Å². The van der Waals surface area contributed by atoms with Crippen LogP contribution in [-0.4, -0.2) is 18.4 Å². The van der Waals surface area contributed by atoms with E-state index < -0.39 is 5.91 Å². The minimum absolute atomic E-state index is 0.0544. The van der Waals surface area contributed by atoms with Crippen molar-refractivity contribution in [3.8, 4) is 5.75 Å². The number of carbonyl (C=O) groups is 2. The topological polar surface area (TPSA) is 94.6 Å². The largest absolute Gasteiger partial charge is 0.494 e. The average Bonchev–Trinajstić information content (AvgIpc) is 2.96. The first-order valence-corrected chi connectivity index (χ1v) is 7.91. The Morgan fingerprint density at radius 3 is 2.52 bits per heavy atom. The lowest BCUT2D eigenvalue weighted by Crippen LogP contribution is -2.18. The van der Waals surface area contributed by atoms with E-state index in [2.05, 4.69) is 5.32 Å². The van der Waals surface area contributed by atoms with Gasteiger partial charge in [0.1, 0.15) is 17.0 Å². The molecule has 128 valence electrons. The van der Waals surface area contributed by atoms with Gasteiger partial charge in [0.15, 0.2) is 0 Å². The summed E-state index contributed by atoms with van der Waals surface area (Å²) in [6, 6.07) is 14.3. The van der Waals surface area contributed by atoms with E-state index in [9.17, 15) is 9.59 Å². The van der Waals surface area contributed by atoms with Gasteiger partial charge in [-0.15, -0.1) is 0 Å². The molecule has 0 aliphatic heterocycles. The van der Waals surface area contributed by atoms with Gasteiger partial charge in [-0.1, -0.05) is 24.3 Å². The number of hydrogen-bond donors (Lipinski definition) is 2. The molecule has 0 saturated carbocycles. The second-order valence-electron chi connectivity index (χ2n) is 5.47. The molecular formula is C19H18N2O4. The Labute approximate surface area is 144 Å². The Kier molecular flexibility index (Phi) is 4.70. The predicted molar refractivity (Wildman–Crippen MR) is 94.7 cm³/mol. The molecule has 0 bridgehead atoms. The van der Waals surface area contributed by atoms with Crippen LogP contribution in [0.4, 0.5) is 5.69 Å². The number of amides is 2. The monoisotopic (exact) mass is 338 g/mol. The summed E-state index contributed by atoms with van der Waals surface area (Å²) in [5.74, 6) is -0.296. The van der Waals surface area contributed by atoms with E-state index in [0.717, 1.165) is 11.3 Å². The number of anilines is 1. The highest BCUT2D eigenvalue weighted by molar-refractivity contribution is 6.10. The van der Waals surface area contributed by atoms with E-state index in [1.807, 2.05) is 31.2 Å². The lowest BCUT2D eigenvalue weighted by molar-refractivity contribution is -0.115. The maximum Gasteiger partial charge on any atom is 0.286 e. The van der Waals surface area contributed by atoms with E-state index in [0.29, 0.717) is 23.3 Å². The summed E-state index contributed by atoms with van der Waals surface area (Å²) in [6.07, 6.45) is 0.157. The van der Waals surface area contributed by atoms with Crippen LogP contribution < -0.4 is 15.8 Å². The zero-order valence-electron chi connectivity index (χ0n) is 13.7. The summed E-state index contributed by atoms with van der Waals surface area (Å²) in [6.45, 7) is 2.50. The first-order chi connectivity index (χ1) is 12.1. The van der Waals surface area contributed by atoms with E-state index in [-0.39, 0.29) is 18.1 Å². The molecule has 0 radical (unpaired) electrons. The van der Waals surface area contributed by atoms with Crippen molar-refractivity contribution in [1.29, 1.82) is 0 Å². The molecule has 0 aliphatic carbocycles. The third-order valence-corrected chi connectivity index (χ3v) is 3.68. The van der Waals surface area contributed by atoms with Gasteiger partial charge in [-0.2, -0.15) is 0 Å². The maximum atomic E-state index is 12.4. The fourth-order valence-electron chi connectivity index (χ4n) is 2.58. The van der Waals surface area contributed by atoms with Gasteiger partial charge in [-0.3, -0.25) is 9.59 Å². The molecule has 3 rings (SSSR count). The molecule has 0 saturated heterocycles. The highest BCUT2D eigenvalue weighted by atomic mass is 16.5. The molecule has 6 nitrogen and oxygen atoms in total. The van der Waals surface area contributed by atoms with Crippen molar-refractivity contribution in [2.75, 3.05) is 11.9 Å². The quantitative estimate of drug-likeness (QED) is 0.722. The molecule has 3 N–H and O–H groups in total. The minimum atomic E-state index is -0.729. The van der Waals surface area contributed by atoms with Crippen LogP contribution in [0.1, 0.15) is 23.0 Å². The Hall–Kier alpha value is -3.28. The zero-order valence-corrected chi connectivity index (χ0v) is 13.7. The lowest BCUT2D eigenvalue weighted by atomic mass is 10.1. The van der Waals surface area contributed by atoms with Gasteiger partial charge in [0.2, 0.25) is 11.7 Å². The predicted octanol–water partition coefficient (Wildman–Crippen LogP) is 3.11. The SMILES string of the molecule is CCOc1ccc(CC(=O)Nc2c(C(N)=O)oc3ccccc23)cc1. The molecule has 0 spiro atoms. The molecule has 0 aliphatic rings. The summed E-state index contributed by atoms with van der Waals surface area (Å²) in [4.78, 5) is 24.0. The first-order valence-electron chi connectivity index (χ1n) is 7.91. The number of carbonyl (C=O) groups excluding carboxylic acids is 2. The molecule has 0 fully saturated rings. The van der Waals surface area contributed by atoms with Crippen LogP contribution in [-0.2, 0) is 11.2 Å². The van der Waals surface area contributed by atoms with Gasteiger partial charge in [0.25, 0.3) is 5.91 Å². The summed E-state index contributed by atoms with van der Waals surface area (Å²) in [5, 5.41) is 3.37.